The molecule has 222 valence electrons. The average molecular weight is 594 g/mol. The molecule has 1 aromatic rings. The Bertz CT molecular complexity index is 952. The van der Waals surface area contributed by atoms with Gasteiger partial charge in [-0.15, -0.1) is 11.3 Å². The predicted molar refractivity (Wildman–Crippen MR) is 123 cm³/mol. The molecular weight excluding hydrogens is 564 g/mol. The number of amides is 1. The van der Waals surface area contributed by atoms with Crippen molar-refractivity contribution in [3.05, 3.63) is 16.1 Å². The van der Waals surface area contributed by atoms with Crippen molar-refractivity contribution < 1.29 is 60.4 Å². The van der Waals surface area contributed by atoms with E-state index in [9.17, 15) is 31.1 Å². The molecule has 0 saturated carbocycles. The summed E-state index contributed by atoms with van der Waals surface area (Å²) in [6.45, 7) is 7.45. The third kappa shape index (κ3) is 10.9. The van der Waals surface area contributed by atoms with Gasteiger partial charge in [0.25, 0.3) is 0 Å². The molecule has 10 nitrogen and oxygen atoms in total. The van der Waals surface area contributed by atoms with E-state index in [-0.39, 0.29) is 17.6 Å². The van der Waals surface area contributed by atoms with Gasteiger partial charge >= 0.3 is 24.3 Å². The van der Waals surface area contributed by atoms with Gasteiger partial charge in [0.15, 0.2) is 0 Å². The summed E-state index contributed by atoms with van der Waals surface area (Å²) in [5.41, 5.74) is 0.918. The number of likely N-dealkylation sites (tertiary alicyclic amines) is 2. The number of carbonyl (C=O) groups excluding carboxylic acids is 1. The molecule has 0 aliphatic carbocycles. The Labute approximate surface area is 223 Å². The van der Waals surface area contributed by atoms with Gasteiger partial charge in [-0.1, -0.05) is 0 Å². The molecule has 4 heterocycles. The van der Waals surface area contributed by atoms with Crippen molar-refractivity contribution in [1.29, 1.82) is 0 Å². The first-order chi connectivity index (χ1) is 18.0. The molecule has 2 N–H and O–H groups in total. The zero-order chi connectivity index (χ0) is 29.4. The minimum Gasteiger partial charge on any atom is -0.475 e. The number of aromatic nitrogens is 1. The summed E-state index contributed by atoms with van der Waals surface area (Å²) in [4.78, 5) is 38.7. The number of ether oxygens (including phenoxy) is 2. The van der Waals surface area contributed by atoms with Gasteiger partial charge in [-0.3, -0.25) is 9.69 Å². The number of thiazole rings is 1. The highest BCUT2D eigenvalue weighted by Gasteiger charge is 2.48. The lowest BCUT2D eigenvalue weighted by Crippen LogP contribution is -2.67. The van der Waals surface area contributed by atoms with Crippen molar-refractivity contribution in [2.24, 2.45) is 0 Å². The maximum Gasteiger partial charge on any atom is 0.490 e. The number of carboxylic acids is 2. The molecule has 39 heavy (non-hydrogen) atoms. The van der Waals surface area contributed by atoms with Gasteiger partial charge in [0.2, 0.25) is 5.91 Å². The predicted octanol–water partition coefficient (Wildman–Crippen LogP) is 3.09. The number of rotatable bonds is 5. The smallest absolute Gasteiger partial charge is 0.475 e. The van der Waals surface area contributed by atoms with Crippen LogP contribution in [0.25, 0.3) is 0 Å². The third-order valence-electron chi connectivity index (χ3n) is 5.91. The van der Waals surface area contributed by atoms with E-state index < -0.39 is 24.3 Å². The number of hydrogen-bond acceptors (Lipinski definition) is 8. The lowest BCUT2D eigenvalue weighted by Gasteiger charge is -2.53. The van der Waals surface area contributed by atoms with Crippen LogP contribution in [-0.2, 0) is 30.5 Å². The third-order valence-corrected chi connectivity index (χ3v) is 6.73. The van der Waals surface area contributed by atoms with E-state index in [1.54, 1.807) is 11.3 Å². The first-order valence-corrected chi connectivity index (χ1v) is 12.7. The van der Waals surface area contributed by atoms with Crippen LogP contribution >= 0.6 is 11.3 Å². The lowest BCUT2D eigenvalue weighted by atomic mass is 9.84. The molecular formula is C22H29F6N3O7S. The SMILES string of the molecule is Cc1nc(COC2CCOC3(C2)CN(CC(=O)N2CCCC2)C3)cs1.O=C(O)C(F)(F)F.O=C(O)C(F)(F)F. The zero-order valence-corrected chi connectivity index (χ0v) is 21.7. The van der Waals surface area contributed by atoms with Gasteiger partial charge in [-0.05, 0) is 26.2 Å². The zero-order valence-electron chi connectivity index (χ0n) is 20.9. The van der Waals surface area contributed by atoms with Crippen LogP contribution in [0.3, 0.4) is 0 Å². The van der Waals surface area contributed by atoms with Crippen molar-refractivity contribution in [1.82, 2.24) is 14.8 Å². The maximum absolute atomic E-state index is 12.3. The van der Waals surface area contributed by atoms with Crippen molar-refractivity contribution >= 4 is 29.2 Å². The maximum atomic E-state index is 12.3. The Morgan fingerprint density at radius 2 is 1.64 bits per heavy atom. The van der Waals surface area contributed by atoms with Crippen LogP contribution in [0.2, 0.25) is 0 Å². The number of alkyl halides is 6. The van der Waals surface area contributed by atoms with E-state index in [1.807, 2.05) is 11.8 Å². The van der Waals surface area contributed by atoms with Gasteiger partial charge in [-0.25, -0.2) is 14.6 Å². The number of halogens is 6. The van der Waals surface area contributed by atoms with Crippen molar-refractivity contribution in [2.75, 3.05) is 39.3 Å². The quantitative estimate of drug-likeness (QED) is 0.495. The van der Waals surface area contributed by atoms with Gasteiger partial charge < -0.3 is 24.6 Å². The van der Waals surface area contributed by atoms with E-state index in [0.717, 1.165) is 69.2 Å². The standard InChI is InChI=1S/C18H27N3O3S.2C2HF3O2/c1-14-19-15(11-25-14)10-23-16-4-7-24-18(8-16)12-20(13-18)9-17(22)21-5-2-3-6-21;2*3-2(4,5)1(6)7/h11,16H,2-10,12-13H2,1H3;2*(H,6,7). The number of carboxylic acid groups (broad SMARTS) is 2. The van der Waals surface area contributed by atoms with Crippen molar-refractivity contribution in [2.45, 2.75) is 63.3 Å². The monoisotopic (exact) mass is 593 g/mol. The molecule has 3 aliphatic heterocycles. The first kappa shape index (κ1) is 32.7. The largest absolute Gasteiger partial charge is 0.490 e. The summed E-state index contributed by atoms with van der Waals surface area (Å²) in [5, 5.41) is 17.4. The Balaban J connectivity index is 0.000000317. The number of aliphatic carboxylic acids is 2. The van der Waals surface area contributed by atoms with Crippen LogP contribution in [0.15, 0.2) is 5.38 Å². The Hall–Kier alpha value is -2.50. The number of nitrogens with zero attached hydrogens (tertiary/aromatic N) is 3. The van der Waals surface area contributed by atoms with Gasteiger partial charge in [0.1, 0.15) is 0 Å². The summed E-state index contributed by atoms with van der Waals surface area (Å²) in [6.07, 6.45) is -5.78. The Morgan fingerprint density at radius 1 is 1.10 bits per heavy atom. The summed E-state index contributed by atoms with van der Waals surface area (Å²) in [6, 6.07) is 0. The van der Waals surface area contributed by atoms with E-state index in [1.165, 1.54) is 0 Å². The Kier molecular flexibility index (Phi) is 11.5. The number of carbonyl (C=O) groups is 3. The van der Waals surface area contributed by atoms with Crippen LogP contribution in [0.5, 0.6) is 0 Å². The van der Waals surface area contributed by atoms with Crippen LogP contribution < -0.4 is 0 Å². The van der Waals surface area contributed by atoms with Crippen LogP contribution in [-0.4, -0.2) is 106 Å². The second kappa shape index (κ2) is 13.7. The summed E-state index contributed by atoms with van der Waals surface area (Å²) < 4.78 is 75.6. The molecule has 17 heteroatoms. The van der Waals surface area contributed by atoms with Crippen molar-refractivity contribution in [3.8, 4) is 0 Å². The summed E-state index contributed by atoms with van der Waals surface area (Å²) >= 11 is 1.66. The molecule has 0 bridgehead atoms. The molecule has 3 fully saturated rings. The average Bonchev–Trinajstić information content (AvgIpc) is 3.48. The van der Waals surface area contributed by atoms with Gasteiger partial charge in [-0.2, -0.15) is 26.3 Å². The van der Waals surface area contributed by atoms with E-state index >= 15 is 0 Å². The first-order valence-electron chi connectivity index (χ1n) is 11.8. The van der Waals surface area contributed by atoms with Crippen LogP contribution in [0.4, 0.5) is 26.3 Å². The highest BCUT2D eigenvalue weighted by Crippen LogP contribution is 2.35. The van der Waals surface area contributed by atoms with Gasteiger partial charge in [0, 0.05) is 44.6 Å². The Morgan fingerprint density at radius 3 is 2.10 bits per heavy atom. The van der Waals surface area contributed by atoms with Crippen LogP contribution in [0.1, 0.15) is 36.4 Å². The molecule has 3 aliphatic rings. The lowest BCUT2D eigenvalue weighted by molar-refractivity contribution is -0.199. The number of hydrogen-bond donors (Lipinski definition) is 2. The topological polar surface area (TPSA) is 130 Å². The molecule has 1 spiro atoms. The summed E-state index contributed by atoms with van der Waals surface area (Å²) in [5.74, 6) is -5.24. The molecule has 3 saturated heterocycles. The molecule has 1 aromatic heterocycles. The van der Waals surface area contributed by atoms with E-state index in [0.29, 0.717) is 13.2 Å². The van der Waals surface area contributed by atoms with E-state index in [4.69, 9.17) is 29.3 Å². The highest BCUT2D eigenvalue weighted by atomic mass is 32.1. The normalized spacial score (nSPS) is 20.8. The second-order valence-corrected chi connectivity index (χ2v) is 10.2. The van der Waals surface area contributed by atoms with E-state index in [2.05, 4.69) is 15.3 Å². The fourth-order valence-corrected chi connectivity index (χ4v) is 4.76. The minimum absolute atomic E-state index is 0.105. The minimum atomic E-state index is -5.08. The number of aryl methyl sites for hydroxylation is 1. The van der Waals surface area contributed by atoms with Crippen molar-refractivity contribution in [3.63, 3.8) is 0 Å². The fraction of sp³-hybridized carbons (Fsp3) is 0.727. The van der Waals surface area contributed by atoms with Gasteiger partial charge in [0.05, 0.1) is 35.6 Å². The molecule has 0 radical (unpaired) electrons. The molecule has 1 amide bonds. The molecule has 1 unspecified atom stereocenters. The van der Waals surface area contributed by atoms with Crippen LogP contribution in [0, 0.1) is 6.92 Å². The molecule has 4 rings (SSSR count). The molecule has 0 aromatic carbocycles. The fourth-order valence-electron chi connectivity index (χ4n) is 4.16. The second-order valence-electron chi connectivity index (χ2n) is 9.15. The molecule has 1 atom stereocenters. The highest BCUT2D eigenvalue weighted by molar-refractivity contribution is 7.09. The summed E-state index contributed by atoms with van der Waals surface area (Å²) in [7, 11) is 0.